The molecular formula is C24H29N3O2. The monoisotopic (exact) mass is 391 g/mol. The molecule has 1 amide bonds. The number of benzene rings is 2. The second kappa shape index (κ2) is 10.9. The van der Waals surface area contributed by atoms with E-state index in [-0.39, 0.29) is 11.6 Å². The van der Waals surface area contributed by atoms with Gasteiger partial charge in [-0.3, -0.25) is 4.79 Å². The summed E-state index contributed by atoms with van der Waals surface area (Å²) in [6, 6.07) is 17.6. The number of nitrogens with one attached hydrogen (secondary N) is 1. The largest absolute Gasteiger partial charge is 0.494 e. The smallest absolute Gasteiger partial charge is 0.263 e. The second-order valence-corrected chi connectivity index (χ2v) is 6.87. The van der Waals surface area contributed by atoms with Crippen LogP contribution in [-0.4, -0.2) is 24.0 Å². The van der Waals surface area contributed by atoms with Gasteiger partial charge in [-0.1, -0.05) is 48.0 Å². The van der Waals surface area contributed by atoms with Crippen LogP contribution in [0.5, 0.6) is 5.75 Å². The van der Waals surface area contributed by atoms with Crippen LogP contribution in [0.4, 0.5) is 0 Å². The molecular weight excluding hydrogens is 362 g/mol. The van der Waals surface area contributed by atoms with Crippen molar-refractivity contribution in [2.75, 3.05) is 13.2 Å². The zero-order chi connectivity index (χ0) is 21.2. The highest BCUT2D eigenvalue weighted by molar-refractivity contribution is 5.97. The quantitative estimate of drug-likeness (QED) is 0.505. The molecule has 2 aromatic carbocycles. The van der Waals surface area contributed by atoms with Crippen molar-refractivity contribution < 1.29 is 9.53 Å². The van der Waals surface area contributed by atoms with Gasteiger partial charge in [-0.25, -0.2) is 0 Å². The van der Waals surface area contributed by atoms with E-state index in [0.717, 1.165) is 22.4 Å². The Labute approximate surface area is 173 Å². The molecule has 0 aromatic heterocycles. The highest BCUT2D eigenvalue weighted by Crippen LogP contribution is 2.26. The van der Waals surface area contributed by atoms with E-state index >= 15 is 0 Å². The molecule has 1 atom stereocenters. The lowest BCUT2D eigenvalue weighted by molar-refractivity contribution is -0.117. The van der Waals surface area contributed by atoms with Gasteiger partial charge >= 0.3 is 0 Å². The van der Waals surface area contributed by atoms with Crippen LogP contribution in [0.1, 0.15) is 43.5 Å². The number of aryl methyl sites for hydroxylation is 1. The zero-order valence-electron chi connectivity index (χ0n) is 17.6. The van der Waals surface area contributed by atoms with E-state index in [1.165, 1.54) is 0 Å². The van der Waals surface area contributed by atoms with Crippen LogP contribution in [0.2, 0.25) is 0 Å². The Bertz CT molecular complexity index is 885. The van der Waals surface area contributed by atoms with Crippen molar-refractivity contribution in [2.24, 2.45) is 0 Å². The van der Waals surface area contributed by atoms with Gasteiger partial charge < -0.3 is 15.0 Å². The van der Waals surface area contributed by atoms with Crippen molar-refractivity contribution in [3.05, 3.63) is 77.0 Å². The van der Waals surface area contributed by atoms with Crippen molar-refractivity contribution in [3.63, 3.8) is 0 Å². The Morgan fingerprint density at radius 3 is 2.59 bits per heavy atom. The van der Waals surface area contributed by atoms with Gasteiger partial charge in [0.25, 0.3) is 5.91 Å². The van der Waals surface area contributed by atoms with Crippen LogP contribution in [0.25, 0.3) is 0 Å². The lowest BCUT2D eigenvalue weighted by atomic mass is 10.0. The Hall–Kier alpha value is -3.26. The fourth-order valence-corrected chi connectivity index (χ4v) is 3.03. The number of hydrogen-bond acceptors (Lipinski definition) is 4. The van der Waals surface area contributed by atoms with Gasteiger partial charge in [0.1, 0.15) is 17.4 Å². The molecule has 29 heavy (non-hydrogen) atoms. The third kappa shape index (κ3) is 6.39. The van der Waals surface area contributed by atoms with E-state index in [4.69, 9.17) is 4.74 Å². The van der Waals surface area contributed by atoms with Gasteiger partial charge in [0.15, 0.2) is 0 Å². The molecule has 0 aliphatic rings. The summed E-state index contributed by atoms with van der Waals surface area (Å²) < 4.78 is 5.69. The number of nitriles is 1. The van der Waals surface area contributed by atoms with E-state index in [9.17, 15) is 10.1 Å². The Morgan fingerprint density at radius 1 is 1.24 bits per heavy atom. The van der Waals surface area contributed by atoms with Crippen LogP contribution >= 0.6 is 0 Å². The standard InChI is InChI=1S/C24H29N3O2/c1-5-27(16-20-10-8-7-9-11-20)17-21(15-25)24(28)26-19(4)22-14-18(3)12-13-23(22)29-6-2/h7-14,17,19H,5-6,16H2,1-4H3,(H,26,28)/b21-17-. The van der Waals surface area contributed by atoms with Crippen molar-refractivity contribution in [1.29, 1.82) is 5.26 Å². The number of nitrogens with zero attached hydrogens (tertiary/aromatic N) is 2. The van der Waals surface area contributed by atoms with Gasteiger partial charge in [-0.05, 0) is 39.3 Å². The SMILES string of the molecule is CCOc1ccc(C)cc1C(C)NC(=O)/C(C#N)=C\N(CC)Cc1ccccc1. The molecule has 0 heterocycles. The summed E-state index contributed by atoms with van der Waals surface area (Å²) >= 11 is 0. The first-order valence-corrected chi connectivity index (χ1v) is 9.92. The molecule has 0 spiro atoms. The van der Waals surface area contributed by atoms with E-state index in [2.05, 4.69) is 5.32 Å². The van der Waals surface area contributed by atoms with Crippen LogP contribution in [0.15, 0.2) is 60.3 Å². The van der Waals surface area contributed by atoms with Crippen molar-refractivity contribution >= 4 is 5.91 Å². The molecule has 0 saturated carbocycles. The van der Waals surface area contributed by atoms with Crippen molar-refractivity contribution in [3.8, 4) is 11.8 Å². The summed E-state index contributed by atoms with van der Waals surface area (Å²) in [5.41, 5.74) is 3.19. The molecule has 5 nitrogen and oxygen atoms in total. The molecule has 152 valence electrons. The number of carbonyl (C=O) groups excluding carboxylic acids is 1. The maximum Gasteiger partial charge on any atom is 0.263 e. The van der Waals surface area contributed by atoms with Crippen molar-refractivity contribution in [2.45, 2.75) is 40.3 Å². The predicted octanol–water partition coefficient (Wildman–Crippen LogP) is 4.50. The molecule has 2 aromatic rings. The number of amides is 1. The average molecular weight is 392 g/mol. The average Bonchev–Trinajstić information content (AvgIpc) is 2.73. The van der Waals surface area contributed by atoms with Gasteiger partial charge in [-0.2, -0.15) is 5.26 Å². The molecule has 0 aliphatic heterocycles. The normalized spacial score (nSPS) is 12.0. The van der Waals surface area contributed by atoms with Gasteiger partial charge in [-0.15, -0.1) is 0 Å². The van der Waals surface area contributed by atoms with E-state index in [0.29, 0.717) is 19.7 Å². The third-order valence-electron chi connectivity index (χ3n) is 4.59. The summed E-state index contributed by atoms with van der Waals surface area (Å²) in [6.07, 6.45) is 1.63. The number of ether oxygens (including phenoxy) is 1. The molecule has 0 fully saturated rings. The highest BCUT2D eigenvalue weighted by Gasteiger charge is 2.18. The van der Waals surface area contributed by atoms with Crippen LogP contribution in [-0.2, 0) is 11.3 Å². The molecule has 0 bridgehead atoms. The third-order valence-corrected chi connectivity index (χ3v) is 4.59. The molecule has 0 radical (unpaired) electrons. The topological polar surface area (TPSA) is 65.4 Å². The Morgan fingerprint density at radius 2 is 1.97 bits per heavy atom. The fraction of sp³-hybridized carbons (Fsp3) is 0.333. The first kappa shape index (κ1) is 22.0. The summed E-state index contributed by atoms with van der Waals surface area (Å²) in [7, 11) is 0. The minimum absolute atomic E-state index is 0.0836. The van der Waals surface area contributed by atoms with Gasteiger partial charge in [0.05, 0.1) is 12.6 Å². The van der Waals surface area contributed by atoms with Crippen LogP contribution < -0.4 is 10.1 Å². The summed E-state index contributed by atoms with van der Waals surface area (Å²) in [5, 5.41) is 12.5. The first-order valence-electron chi connectivity index (χ1n) is 9.92. The Kier molecular flexibility index (Phi) is 8.29. The van der Waals surface area contributed by atoms with E-state index in [1.807, 2.05) is 87.2 Å². The zero-order valence-corrected chi connectivity index (χ0v) is 17.6. The maximum atomic E-state index is 12.7. The van der Waals surface area contributed by atoms with Gasteiger partial charge in [0, 0.05) is 24.9 Å². The number of carbonyl (C=O) groups is 1. The summed E-state index contributed by atoms with van der Waals surface area (Å²) in [6.45, 7) is 9.69. The fourth-order valence-electron chi connectivity index (χ4n) is 3.03. The minimum atomic E-state index is -0.393. The molecule has 0 aliphatic carbocycles. The molecule has 5 heteroatoms. The second-order valence-electron chi connectivity index (χ2n) is 6.87. The first-order chi connectivity index (χ1) is 14.0. The summed E-state index contributed by atoms with van der Waals surface area (Å²) in [5.74, 6) is 0.350. The Balaban J connectivity index is 2.15. The predicted molar refractivity (Wildman–Crippen MR) is 115 cm³/mol. The van der Waals surface area contributed by atoms with E-state index < -0.39 is 5.91 Å². The van der Waals surface area contributed by atoms with Gasteiger partial charge in [0.2, 0.25) is 0 Å². The molecule has 0 saturated heterocycles. The molecule has 1 unspecified atom stereocenters. The van der Waals surface area contributed by atoms with Crippen molar-refractivity contribution in [1.82, 2.24) is 10.2 Å². The number of hydrogen-bond donors (Lipinski definition) is 1. The number of rotatable bonds is 9. The van der Waals surface area contributed by atoms with Crippen LogP contribution in [0, 0.1) is 18.3 Å². The maximum absolute atomic E-state index is 12.7. The van der Waals surface area contributed by atoms with Crippen LogP contribution in [0.3, 0.4) is 0 Å². The minimum Gasteiger partial charge on any atom is -0.494 e. The summed E-state index contributed by atoms with van der Waals surface area (Å²) in [4.78, 5) is 14.7. The lowest BCUT2D eigenvalue weighted by Crippen LogP contribution is -2.29. The lowest BCUT2D eigenvalue weighted by Gasteiger charge is -2.21. The molecule has 1 N–H and O–H groups in total. The molecule has 2 rings (SSSR count). The van der Waals surface area contributed by atoms with E-state index in [1.54, 1.807) is 6.20 Å². The highest BCUT2D eigenvalue weighted by atomic mass is 16.5.